The van der Waals surface area contributed by atoms with E-state index >= 15 is 0 Å². The molecule has 0 saturated carbocycles. The number of nitro groups is 1. The van der Waals surface area contributed by atoms with Gasteiger partial charge in [-0.15, -0.1) is 0 Å². The number of nitrogens with zero attached hydrogens (tertiary/aromatic N) is 2. The number of rotatable bonds is 5. The number of halogens is 1. The molecule has 0 radical (unpaired) electrons. The fourth-order valence-corrected chi connectivity index (χ4v) is 2.91. The molecule has 1 saturated heterocycles. The van der Waals surface area contributed by atoms with Crippen LogP contribution in [0.3, 0.4) is 0 Å². The predicted octanol–water partition coefficient (Wildman–Crippen LogP) is 1.91. The molecule has 26 heavy (non-hydrogen) atoms. The molecular formula is C17H23FN4O4. The smallest absolute Gasteiger partial charge is 0.313 e. The largest absolute Gasteiger partial charge is 0.348 e. The summed E-state index contributed by atoms with van der Waals surface area (Å²) in [5.41, 5.74) is -0.774. The Hall–Kier alpha value is -2.55. The van der Waals surface area contributed by atoms with Crippen LogP contribution < -0.4 is 10.6 Å². The van der Waals surface area contributed by atoms with Crippen molar-refractivity contribution in [1.82, 2.24) is 10.2 Å². The molecule has 8 nitrogen and oxygen atoms in total. The molecule has 0 unspecified atom stereocenters. The van der Waals surface area contributed by atoms with E-state index in [1.54, 1.807) is 0 Å². The second-order valence-electron chi connectivity index (χ2n) is 6.66. The molecule has 142 valence electrons. The molecule has 1 aliphatic rings. The Morgan fingerprint density at radius 2 is 1.96 bits per heavy atom. The number of carbonyl (C=O) groups excluding carboxylic acids is 2. The Labute approximate surface area is 150 Å². The van der Waals surface area contributed by atoms with Crippen LogP contribution in [-0.2, 0) is 9.59 Å². The average Bonchev–Trinajstić information content (AvgIpc) is 2.61. The molecule has 1 aromatic carbocycles. The van der Waals surface area contributed by atoms with Gasteiger partial charge in [-0.2, -0.15) is 4.39 Å². The summed E-state index contributed by atoms with van der Waals surface area (Å²) < 4.78 is 13.3. The first-order chi connectivity index (χ1) is 12.3. The van der Waals surface area contributed by atoms with Gasteiger partial charge < -0.3 is 15.5 Å². The van der Waals surface area contributed by atoms with E-state index < -0.39 is 28.2 Å². The summed E-state index contributed by atoms with van der Waals surface area (Å²) in [6, 6.07) is 3.40. The SMILES string of the molecule is CC(C)N1CCC(CNC(=O)C(=O)Nc2ccc(F)c([N+](=O)[O-])c2)CC1. The van der Waals surface area contributed by atoms with Crippen LogP contribution in [0.25, 0.3) is 0 Å². The number of likely N-dealkylation sites (tertiary alicyclic amines) is 1. The molecule has 1 aliphatic heterocycles. The molecule has 2 N–H and O–H groups in total. The minimum absolute atomic E-state index is 0.0107. The van der Waals surface area contributed by atoms with Gasteiger partial charge >= 0.3 is 17.5 Å². The molecule has 1 fully saturated rings. The highest BCUT2D eigenvalue weighted by atomic mass is 19.1. The Morgan fingerprint density at radius 1 is 1.31 bits per heavy atom. The molecule has 1 heterocycles. The topological polar surface area (TPSA) is 105 Å². The molecular weight excluding hydrogens is 343 g/mol. The Bertz CT molecular complexity index is 687. The molecule has 1 aromatic rings. The maximum Gasteiger partial charge on any atom is 0.313 e. The Morgan fingerprint density at radius 3 is 2.54 bits per heavy atom. The molecule has 2 amide bonds. The summed E-state index contributed by atoms with van der Waals surface area (Å²) in [6.45, 7) is 6.62. The Kier molecular flexibility index (Phi) is 6.62. The van der Waals surface area contributed by atoms with E-state index in [0.717, 1.165) is 44.1 Å². The number of benzene rings is 1. The molecule has 0 spiro atoms. The van der Waals surface area contributed by atoms with Gasteiger partial charge in [-0.3, -0.25) is 19.7 Å². The highest BCUT2D eigenvalue weighted by Gasteiger charge is 2.23. The molecule has 0 aliphatic carbocycles. The van der Waals surface area contributed by atoms with Gasteiger partial charge in [0.15, 0.2) is 0 Å². The number of anilines is 1. The van der Waals surface area contributed by atoms with E-state index in [1.165, 1.54) is 0 Å². The third kappa shape index (κ3) is 5.22. The zero-order chi connectivity index (χ0) is 19.3. The lowest BCUT2D eigenvalue weighted by Gasteiger charge is -2.34. The normalized spacial score (nSPS) is 15.7. The molecule has 0 aromatic heterocycles. The first-order valence-electron chi connectivity index (χ1n) is 8.55. The minimum atomic E-state index is -1.01. The van der Waals surface area contributed by atoms with Crippen LogP contribution in [0.5, 0.6) is 0 Å². The van der Waals surface area contributed by atoms with Gasteiger partial charge in [0.05, 0.1) is 4.92 Å². The predicted molar refractivity (Wildman–Crippen MR) is 94.1 cm³/mol. The van der Waals surface area contributed by atoms with Crippen molar-refractivity contribution in [2.45, 2.75) is 32.7 Å². The van der Waals surface area contributed by atoms with Crippen LogP contribution in [0, 0.1) is 21.8 Å². The fourth-order valence-electron chi connectivity index (χ4n) is 2.91. The second kappa shape index (κ2) is 8.70. The Balaban J connectivity index is 1.82. The van der Waals surface area contributed by atoms with E-state index in [2.05, 4.69) is 29.4 Å². The zero-order valence-electron chi connectivity index (χ0n) is 14.8. The van der Waals surface area contributed by atoms with Gasteiger partial charge in [0, 0.05) is 24.3 Å². The van der Waals surface area contributed by atoms with E-state index in [0.29, 0.717) is 18.5 Å². The highest BCUT2D eigenvalue weighted by Crippen LogP contribution is 2.21. The van der Waals surface area contributed by atoms with Crippen LogP contribution in [0.1, 0.15) is 26.7 Å². The number of hydrogen-bond donors (Lipinski definition) is 2. The van der Waals surface area contributed by atoms with Gasteiger partial charge in [0.2, 0.25) is 5.82 Å². The lowest BCUT2D eigenvalue weighted by atomic mass is 9.96. The number of nitrogens with one attached hydrogen (secondary N) is 2. The number of hydrogen-bond acceptors (Lipinski definition) is 5. The van der Waals surface area contributed by atoms with Gasteiger partial charge in [-0.1, -0.05) is 0 Å². The number of piperidine rings is 1. The third-order valence-corrected chi connectivity index (χ3v) is 4.54. The van der Waals surface area contributed by atoms with Crippen LogP contribution in [0.4, 0.5) is 15.8 Å². The van der Waals surface area contributed by atoms with E-state index in [-0.39, 0.29) is 5.69 Å². The van der Waals surface area contributed by atoms with Crippen molar-refractivity contribution in [3.63, 3.8) is 0 Å². The molecule has 9 heteroatoms. The van der Waals surface area contributed by atoms with Crippen molar-refractivity contribution in [3.05, 3.63) is 34.1 Å². The first kappa shape index (κ1) is 19.8. The standard InChI is InChI=1S/C17H23FN4O4/c1-11(2)21-7-5-12(6-8-21)10-19-16(23)17(24)20-13-3-4-14(18)15(9-13)22(25)26/h3-4,9,11-12H,5-8,10H2,1-2H3,(H,19,23)(H,20,24). The molecule has 0 atom stereocenters. The molecule has 2 rings (SSSR count). The monoisotopic (exact) mass is 366 g/mol. The maximum absolute atomic E-state index is 13.3. The van der Waals surface area contributed by atoms with Gasteiger partial charge in [0.25, 0.3) is 0 Å². The number of amides is 2. The van der Waals surface area contributed by atoms with Crippen molar-refractivity contribution < 1.29 is 18.9 Å². The summed E-state index contributed by atoms with van der Waals surface area (Å²) >= 11 is 0. The van der Waals surface area contributed by atoms with E-state index in [9.17, 15) is 24.1 Å². The van der Waals surface area contributed by atoms with Crippen molar-refractivity contribution in [1.29, 1.82) is 0 Å². The van der Waals surface area contributed by atoms with Crippen molar-refractivity contribution in [3.8, 4) is 0 Å². The maximum atomic E-state index is 13.3. The van der Waals surface area contributed by atoms with Crippen LogP contribution in [0.2, 0.25) is 0 Å². The first-order valence-corrected chi connectivity index (χ1v) is 8.55. The van der Waals surface area contributed by atoms with Crippen molar-refractivity contribution in [2.24, 2.45) is 5.92 Å². The summed E-state index contributed by atoms with van der Waals surface area (Å²) in [6.07, 6.45) is 1.90. The van der Waals surface area contributed by atoms with Crippen LogP contribution in [-0.4, -0.2) is 47.3 Å². The summed E-state index contributed by atoms with van der Waals surface area (Å²) in [4.78, 5) is 36.0. The van der Waals surface area contributed by atoms with Crippen LogP contribution in [0.15, 0.2) is 18.2 Å². The average molecular weight is 366 g/mol. The van der Waals surface area contributed by atoms with E-state index in [4.69, 9.17) is 0 Å². The summed E-state index contributed by atoms with van der Waals surface area (Å²) in [7, 11) is 0. The van der Waals surface area contributed by atoms with E-state index in [1.807, 2.05) is 0 Å². The summed E-state index contributed by atoms with van der Waals surface area (Å²) in [5.74, 6) is -2.45. The van der Waals surface area contributed by atoms with Crippen LogP contribution >= 0.6 is 0 Å². The van der Waals surface area contributed by atoms with Crippen molar-refractivity contribution in [2.75, 3.05) is 25.0 Å². The fraction of sp³-hybridized carbons (Fsp3) is 0.529. The highest BCUT2D eigenvalue weighted by molar-refractivity contribution is 6.39. The van der Waals surface area contributed by atoms with Gasteiger partial charge in [-0.25, -0.2) is 0 Å². The van der Waals surface area contributed by atoms with Gasteiger partial charge in [0.1, 0.15) is 0 Å². The number of carbonyl (C=O) groups is 2. The second-order valence-corrected chi connectivity index (χ2v) is 6.66. The summed E-state index contributed by atoms with van der Waals surface area (Å²) in [5, 5.41) is 15.5. The molecule has 0 bridgehead atoms. The zero-order valence-corrected chi connectivity index (χ0v) is 14.8. The lowest BCUT2D eigenvalue weighted by molar-refractivity contribution is -0.387. The van der Waals surface area contributed by atoms with Gasteiger partial charge in [-0.05, 0) is 57.8 Å². The number of nitro benzene ring substituents is 1. The third-order valence-electron chi connectivity index (χ3n) is 4.54. The minimum Gasteiger partial charge on any atom is -0.348 e. The van der Waals surface area contributed by atoms with Crippen molar-refractivity contribution >= 4 is 23.2 Å². The lowest BCUT2D eigenvalue weighted by Crippen LogP contribution is -2.43. The quantitative estimate of drug-likeness (QED) is 0.471.